The van der Waals surface area contributed by atoms with Crippen molar-refractivity contribution in [3.63, 3.8) is 0 Å². The smallest absolute Gasteiger partial charge is 0.254 e. The molecule has 2 aromatic carbocycles. The van der Waals surface area contributed by atoms with Crippen LogP contribution in [0.1, 0.15) is 28.4 Å². The number of nitrogens with zero attached hydrogens (tertiary/aromatic N) is 2. The van der Waals surface area contributed by atoms with Gasteiger partial charge in [0.2, 0.25) is 0 Å². The van der Waals surface area contributed by atoms with Crippen molar-refractivity contribution in [1.82, 2.24) is 4.90 Å². The molecule has 1 saturated heterocycles. The Bertz CT molecular complexity index is 740. The maximum absolute atomic E-state index is 12.9. The summed E-state index contributed by atoms with van der Waals surface area (Å²) in [6.45, 7) is 8.26. The number of benzene rings is 2. The van der Waals surface area contributed by atoms with E-state index in [1.54, 1.807) is 25.1 Å². The van der Waals surface area contributed by atoms with Crippen LogP contribution in [-0.2, 0) is 0 Å². The Hall–Kier alpha value is -2.49. The highest BCUT2D eigenvalue weighted by Gasteiger charge is 2.29. The monoisotopic (exact) mass is 324 g/mol. The Morgan fingerprint density at radius 2 is 1.79 bits per heavy atom. The highest BCUT2D eigenvalue weighted by Crippen LogP contribution is 2.24. The van der Waals surface area contributed by atoms with E-state index in [2.05, 4.69) is 43.0 Å². The molecule has 4 heteroatoms. The summed E-state index contributed by atoms with van der Waals surface area (Å²) >= 11 is 0. The molecule has 2 aromatic rings. The average molecular weight is 324 g/mol. The van der Waals surface area contributed by atoms with Gasteiger partial charge < -0.3 is 14.9 Å². The standard InChI is InChI=1S/C20H24N2O2/c1-14-7-9-17(10-8-14)21-11-12-22(15(2)13-21)20(24)18-5-4-6-19(23)16(18)3/h4-10,15,23H,11-13H2,1-3H3/t15-/m0/s1. The second kappa shape index (κ2) is 6.56. The van der Waals surface area contributed by atoms with Crippen LogP contribution in [0, 0.1) is 13.8 Å². The molecule has 1 atom stereocenters. The molecule has 0 unspecified atom stereocenters. The van der Waals surface area contributed by atoms with Gasteiger partial charge in [0.25, 0.3) is 5.91 Å². The summed E-state index contributed by atoms with van der Waals surface area (Å²) in [5.74, 6) is 0.172. The molecule has 3 rings (SSSR count). The van der Waals surface area contributed by atoms with Crippen molar-refractivity contribution < 1.29 is 9.90 Å². The number of phenolic OH excluding ortho intramolecular Hbond substituents is 1. The van der Waals surface area contributed by atoms with Crippen LogP contribution in [-0.4, -0.2) is 41.6 Å². The van der Waals surface area contributed by atoms with Gasteiger partial charge in [0, 0.05) is 42.5 Å². The van der Waals surface area contributed by atoms with Crippen LogP contribution in [0.3, 0.4) is 0 Å². The summed E-state index contributed by atoms with van der Waals surface area (Å²) in [5, 5.41) is 9.85. The van der Waals surface area contributed by atoms with E-state index in [9.17, 15) is 9.90 Å². The van der Waals surface area contributed by atoms with Crippen molar-refractivity contribution in [1.29, 1.82) is 0 Å². The van der Waals surface area contributed by atoms with E-state index in [0.29, 0.717) is 17.7 Å². The van der Waals surface area contributed by atoms with Gasteiger partial charge in [-0.15, -0.1) is 0 Å². The van der Waals surface area contributed by atoms with Crippen LogP contribution in [0.25, 0.3) is 0 Å². The first-order chi connectivity index (χ1) is 11.5. The lowest BCUT2D eigenvalue weighted by Crippen LogP contribution is -2.54. The van der Waals surface area contributed by atoms with Gasteiger partial charge in [0.1, 0.15) is 5.75 Å². The lowest BCUT2D eigenvalue weighted by atomic mass is 10.0. The van der Waals surface area contributed by atoms with Gasteiger partial charge in [-0.3, -0.25) is 4.79 Å². The number of phenols is 1. The van der Waals surface area contributed by atoms with Gasteiger partial charge >= 0.3 is 0 Å². The summed E-state index contributed by atoms with van der Waals surface area (Å²) in [5.41, 5.74) is 3.69. The molecule has 1 aliphatic rings. The summed E-state index contributed by atoms with van der Waals surface area (Å²) in [7, 11) is 0. The van der Waals surface area contributed by atoms with Gasteiger partial charge in [-0.05, 0) is 45.0 Å². The molecule has 1 aliphatic heterocycles. The molecule has 0 radical (unpaired) electrons. The Kier molecular flexibility index (Phi) is 4.47. The number of rotatable bonds is 2. The average Bonchev–Trinajstić information content (AvgIpc) is 2.57. The van der Waals surface area contributed by atoms with E-state index in [4.69, 9.17) is 0 Å². The van der Waals surface area contributed by atoms with Crippen molar-refractivity contribution in [2.45, 2.75) is 26.8 Å². The fourth-order valence-corrected chi connectivity index (χ4v) is 3.26. The van der Waals surface area contributed by atoms with Gasteiger partial charge in [0.05, 0.1) is 0 Å². The van der Waals surface area contributed by atoms with E-state index in [-0.39, 0.29) is 17.7 Å². The predicted octanol–water partition coefficient (Wildman–Crippen LogP) is 3.36. The first kappa shape index (κ1) is 16.4. The quantitative estimate of drug-likeness (QED) is 0.921. The molecule has 1 amide bonds. The zero-order chi connectivity index (χ0) is 17.3. The maximum Gasteiger partial charge on any atom is 0.254 e. The molecular weight excluding hydrogens is 300 g/mol. The molecule has 126 valence electrons. The topological polar surface area (TPSA) is 43.8 Å². The van der Waals surface area contributed by atoms with Crippen LogP contribution in [0.2, 0.25) is 0 Å². The minimum Gasteiger partial charge on any atom is -0.508 e. The van der Waals surface area contributed by atoms with E-state index in [1.165, 1.54) is 11.3 Å². The number of aryl methyl sites for hydroxylation is 1. The summed E-state index contributed by atoms with van der Waals surface area (Å²) in [6, 6.07) is 13.8. The highest BCUT2D eigenvalue weighted by molar-refractivity contribution is 5.96. The van der Waals surface area contributed by atoms with Crippen LogP contribution in [0.4, 0.5) is 5.69 Å². The van der Waals surface area contributed by atoms with Gasteiger partial charge in [0.15, 0.2) is 0 Å². The van der Waals surface area contributed by atoms with Crippen LogP contribution in [0.5, 0.6) is 5.75 Å². The number of hydrogen-bond donors (Lipinski definition) is 1. The molecule has 24 heavy (non-hydrogen) atoms. The predicted molar refractivity (Wildman–Crippen MR) is 96.7 cm³/mol. The number of piperazine rings is 1. The fraction of sp³-hybridized carbons (Fsp3) is 0.350. The molecule has 0 aromatic heterocycles. The minimum atomic E-state index is -0.000504. The van der Waals surface area contributed by atoms with Crippen LogP contribution < -0.4 is 4.90 Å². The van der Waals surface area contributed by atoms with E-state index >= 15 is 0 Å². The number of anilines is 1. The Morgan fingerprint density at radius 3 is 2.46 bits per heavy atom. The first-order valence-corrected chi connectivity index (χ1v) is 8.38. The second-order valence-electron chi connectivity index (χ2n) is 6.58. The largest absolute Gasteiger partial charge is 0.508 e. The molecule has 0 spiro atoms. The van der Waals surface area contributed by atoms with Crippen molar-refractivity contribution in [3.05, 3.63) is 59.2 Å². The number of amides is 1. The maximum atomic E-state index is 12.9. The first-order valence-electron chi connectivity index (χ1n) is 8.38. The number of hydrogen-bond acceptors (Lipinski definition) is 3. The SMILES string of the molecule is Cc1ccc(N2CCN(C(=O)c3cccc(O)c3C)[C@@H](C)C2)cc1. The second-order valence-corrected chi connectivity index (χ2v) is 6.58. The number of aromatic hydroxyl groups is 1. The lowest BCUT2D eigenvalue weighted by molar-refractivity contribution is 0.0673. The summed E-state index contributed by atoms with van der Waals surface area (Å²) in [4.78, 5) is 17.1. The lowest BCUT2D eigenvalue weighted by Gasteiger charge is -2.41. The van der Waals surface area contributed by atoms with E-state index in [1.807, 2.05) is 4.90 Å². The van der Waals surface area contributed by atoms with Crippen molar-refractivity contribution >= 4 is 11.6 Å². The zero-order valence-electron chi connectivity index (χ0n) is 14.5. The van der Waals surface area contributed by atoms with Gasteiger partial charge in [-0.2, -0.15) is 0 Å². The normalized spacial score (nSPS) is 17.9. The van der Waals surface area contributed by atoms with Gasteiger partial charge in [-0.25, -0.2) is 0 Å². The summed E-state index contributed by atoms with van der Waals surface area (Å²) < 4.78 is 0. The van der Waals surface area contributed by atoms with Crippen molar-refractivity contribution in [3.8, 4) is 5.75 Å². The summed E-state index contributed by atoms with van der Waals surface area (Å²) in [6.07, 6.45) is 0. The Labute approximate surface area is 143 Å². The molecule has 1 N–H and O–H groups in total. The van der Waals surface area contributed by atoms with E-state index < -0.39 is 0 Å². The van der Waals surface area contributed by atoms with Crippen molar-refractivity contribution in [2.75, 3.05) is 24.5 Å². The Morgan fingerprint density at radius 1 is 1.08 bits per heavy atom. The third kappa shape index (κ3) is 3.09. The fourth-order valence-electron chi connectivity index (χ4n) is 3.26. The molecule has 0 bridgehead atoms. The number of carbonyl (C=O) groups is 1. The van der Waals surface area contributed by atoms with Crippen LogP contribution >= 0.6 is 0 Å². The van der Waals surface area contributed by atoms with Crippen molar-refractivity contribution in [2.24, 2.45) is 0 Å². The third-order valence-corrected chi connectivity index (χ3v) is 4.82. The Balaban J connectivity index is 1.75. The molecule has 1 heterocycles. The minimum absolute atomic E-state index is 0.000504. The zero-order valence-corrected chi connectivity index (χ0v) is 14.5. The molecule has 0 aliphatic carbocycles. The molecule has 0 saturated carbocycles. The highest BCUT2D eigenvalue weighted by atomic mass is 16.3. The van der Waals surface area contributed by atoms with E-state index in [0.717, 1.165) is 13.1 Å². The molecular formula is C20H24N2O2. The van der Waals surface area contributed by atoms with Gasteiger partial charge in [-0.1, -0.05) is 23.8 Å². The third-order valence-electron chi connectivity index (χ3n) is 4.82. The number of carbonyl (C=O) groups excluding carboxylic acids is 1. The van der Waals surface area contributed by atoms with Crippen LogP contribution in [0.15, 0.2) is 42.5 Å². The molecule has 1 fully saturated rings. The molecule has 4 nitrogen and oxygen atoms in total.